The van der Waals surface area contributed by atoms with Crippen LogP contribution in [-0.4, -0.2) is 48.1 Å². The molecule has 0 aromatic carbocycles. The second kappa shape index (κ2) is 6.34. The zero-order valence-electron chi connectivity index (χ0n) is 12.8. The zero-order valence-corrected chi connectivity index (χ0v) is 12.8. The van der Waals surface area contributed by atoms with Crippen LogP contribution in [0.3, 0.4) is 0 Å². The van der Waals surface area contributed by atoms with Crippen molar-refractivity contribution in [1.82, 2.24) is 10.2 Å². The Morgan fingerprint density at radius 3 is 2.67 bits per heavy atom. The third-order valence-corrected chi connectivity index (χ3v) is 4.86. The molecular weight excluding hydrogens is 268 g/mol. The van der Waals surface area contributed by atoms with Crippen molar-refractivity contribution in [2.75, 3.05) is 13.2 Å². The topological polar surface area (TPSA) is 58.6 Å². The maximum Gasteiger partial charge on any atom is 0.245 e. The maximum atomic E-state index is 12.7. The third-order valence-electron chi connectivity index (χ3n) is 4.86. The van der Waals surface area contributed by atoms with Gasteiger partial charge in [0.2, 0.25) is 11.8 Å². The lowest BCUT2D eigenvalue weighted by atomic mass is 9.99. The number of nitrogens with zero attached hydrogens (tertiary/aromatic N) is 1. The summed E-state index contributed by atoms with van der Waals surface area (Å²) >= 11 is 0. The quantitative estimate of drug-likeness (QED) is 0.807. The highest BCUT2D eigenvalue weighted by Gasteiger charge is 2.47. The van der Waals surface area contributed by atoms with Gasteiger partial charge in [-0.05, 0) is 44.4 Å². The fourth-order valence-electron chi connectivity index (χ4n) is 3.57. The fourth-order valence-corrected chi connectivity index (χ4v) is 3.57. The van der Waals surface area contributed by atoms with E-state index in [1.165, 1.54) is 0 Å². The molecule has 0 aromatic rings. The molecule has 3 rings (SSSR count). The number of ether oxygens (including phenoxy) is 1. The van der Waals surface area contributed by atoms with E-state index in [1.807, 2.05) is 11.8 Å². The van der Waals surface area contributed by atoms with Crippen LogP contribution in [0.2, 0.25) is 0 Å². The van der Waals surface area contributed by atoms with E-state index in [0.717, 1.165) is 51.6 Å². The molecule has 2 heterocycles. The molecule has 1 aliphatic carbocycles. The molecule has 3 atom stereocenters. The Labute approximate surface area is 126 Å². The van der Waals surface area contributed by atoms with Crippen LogP contribution in [0.15, 0.2) is 0 Å². The van der Waals surface area contributed by atoms with E-state index in [2.05, 4.69) is 5.32 Å². The van der Waals surface area contributed by atoms with Crippen molar-refractivity contribution in [2.24, 2.45) is 5.92 Å². The predicted octanol–water partition coefficient (Wildman–Crippen LogP) is 1.46. The molecule has 1 saturated carbocycles. The normalized spacial score (nSPS) is 33.4. The van der Waals surface area contributed by atoms with Gasteiger partial charge in [-0.2, -0.15) is 0 Å². The van der Waals surface area contributed by atoms with E-state index in [9.17, 15) is 9.59 Å². The summed E-state index contributed by atoms with van der Waals surface area (Å²) in [5, 5.41) is 2.94. The van der Waals surface area contributed by atoms with Crippen LogP contribution in [0.1, 0.15) is 51.9 Å². The number of carbonyl (C=O) groups is 2. The Bertz CT molecular complexity index is 402. The summed E-state index contributed by atoms with van der Waals surface area (Å²) in [5.74, 6) is 0.551. The summed E-state index contributed by atoms with van der Waals surface area (Å²) in [6.45, 7) is 3.55. The van der Waals surface area contributed by atoms with Gasteiger partial charge in [-0.25, -0.2) is 0 Å². The molecule has 3 aliphatic rings. The van der Waals surface area contributed by atoms with Crippen LogP contribution in [0, 0.1) is 5.92 Å². The summed E-state index contributed by atoms with van der Waals surface area (Å²) in [4.78, 5) is 26.9. The van der Waals surface area contributed by atoms with Gasteiger partial charge in [-0.15, -0.1) is 0 Å². The molecule has 3 fully saturated rings. The van der Waals surface area contributed by atoms with Crippen molar-refractivity contribution in [3.8, 4) is 0 Å². The Morgan fingerprint density at radius 2 is 2.05 bits per heavy atom. The van der Waals surface area contributed by atoms with Crippen molar-refractivity contribution in [1.29, 1.82) is 0 Å². The lowest BCUT2D eigenvalue weighted by Gasteiger charge is -2.39. The molecule has 118 valence electrons. The Morgan fingerprint density at radius 1 is 1.24 bits per heavy atom. The fraction of sp³-hybridized carbons (Fsp3) is 0.875. The molecule has 1 N–H and O–H groups in total. The summed E-state index contributed by atoms with van der Waals surface area (Å²) in [6.07, 6.45) is 7.11. The lowest BCUT2D eigenvalue weighted by molar-refractivity contribution is -0.150. The van der Waals surface area contributed by atoms with Gasteiger partial charge in [-0.1, -0.05) is 13.3 Å². The molecule has 2 aliphatic heterocycles. The summed E-state index contributed by atoms with van der Waals surface area (Å²) in [6, 6.07) is -0.547. The maximum absolute atomic E-state index is 12.7. The first-order chi connectivity index (χ1) is 10.2. The molecule has 2 amide bonds. The van der Waals surface area contributed by atoms with Gasteiger partial charge in [0.1, 0.15) is 12.1 Å². The average molecular weight is 294 g/mol. The third kappa shape index (κ3) is 3.23. The van der Waals surface area contributed by atoms with Crippen LogP contribution < -0.4 is 5.32 Å². The van der Waals surface area contributed by atoms with Crippen LogP contribution >= 0.6 is 0 Å². The highest BCUT2D eigenvalue weighted by Crippen LogP contribution is 2.37. The molecule has 0 aromatic heterocycles. The Balaban J connectivity index is 1.67. The number of amides is 2. The van der Waals surface area contributed by atoms with Gasteiger partial charge < -0.3 is 15.0 Å². The molecule has 0 radical (unpaired) electrons. The first-order valence-electron chi connectivity index (χ1n) is 8.43. The van der Waals surface area contributed by atoms with E-state index >= 15 is 0 Å². The van der Waals surface area contributed by atoms with Crippen LogP contribution in [0.4, 0.5) is 0 Å². The first-order valence-corrected chi connectivity index (χ1v) is 8.43. The predicted molar refractivity (Wildman–Crippen MR) is 78.7 cm³/mol. The second-order valence-corrected chi connectivity index (χ2v) is 6.59. The second-order valence-electron chi connectivity index (χ2n) is 6.59. The summed E-state index contributed by atoms with van der Waals surface area (Å²) in [5.41, 5.74) is 0. The van der Waals surface area contributed by atoms with Gasteiger partial charge in [-0.3, -0.25) is 9.59 Å². The zero-order chi connectivity index (χ0) is 14.8. The van der Waals surface area contributed by atoms with E-state index in [0.29, 0.717) is 12.5 Å². The largest absolute Gasteiger partial charge is 0.378 e. The minimum atomic E-state index is -0.318. The van der Waals surface area contributed by atoms with Crippen LogP contribution in [0.5, 0.6) is 0 Å². The van der Waals surface area contributed by atoms with Crippen LogP contribution in [-0.2, 0) is 14.3 Å². The molecule has 21 heavy (non-hydrogen) atoms. The number of hydrogen-bond donors (Lipinski definition) is 1. The SMILES string of the molecule is CCCC1NC(=O)C(C2CC2)N(CCC2CCCO2)C1=O. The van der Waals surface area contributed by atoms with Gasteiger partial charge in [0, 0.05) is 13.2 Å². The summed E-state index contributed by atoms with van der Waals surface area (Å²) < 4.78 is 5.65. The van der Waals surface area contributed by atoms with Crippen molar-refractivity contribution in [3.63, 3.8) is 0 Å². The molecule has 2 saturated heterocycles. The summed E-state index contributed by atoms with van der Waals surface area (Å²) in [7, 11) is 0. The van der Waals surface area contributed by atoms with E-state index < -0.39 is 0 Å². The Kier molecular flexibility index (Phi) is 4.48. The molecule has 5 heteroatoms. The van der Waals surface area contributed by atoms with Gasteiger partial charge in [0.05, 0.1) is 6.10 Å². The lowest BCUT2D eigenvalue weighted by Crippen LogP contribution is -2.64. The molecule has 3 unspecified atom stereocenters. The van der Waals surface area contributed by atoms with Gasteiger partial charge in [0.15, 0.2) is 0 Å². The van der Waals surface area contributed by atoms with E-state index in [-0.39, 0.29) is 30.0 Å². The van der Waals surface area contributed by atoms with Crippen molar-refractivity contribution in [2.45, 2.75) is 70.1 Å². The van der Waals surface area contributed by atoms with Crippen molar-refractivity contribution in [3.05, 3.63) is 0 Å². The van der Waals surface area contributed by atoms with Crippen molar-refractivity contribution < 1.29 is 14.3 Å². The van der Waals surface area contributed by atoms with Crippen LogP contribution in [0.25, 0.3) is 0 Å². The molecule has 5 nitrogen and oxygen atoms in total. The standard InChI is InChI=1S/C16H26N2O3/c1-2-4-13-16(20)18(9-8-12-5-3-10-21-12)14(11-6-7-11)15(19)17-13/h11-14H,2-10H2,1H3,(H,17,19). The minimum Gasteiger partial charge on any atom is -0.378 e. The number of nitrogens with one attached hydrogen (secondary N) is 1. The average Bonchev–Trinajstić information content (AvgIpc) is 3.16. The van der Waals surface area contributed by atoms with Gasteiger partial charge in [0.25, 0.3) is 0 Å². The molecule has 0 bridgehead atoms. The number of hydrogen-bond acceptors (Lipinski definition) is 3. The number of carbonyl (C=O) groups excluding carboxylic acids is 2. The highest BCUT2D eigenvalue weighted by molar-refractivity contribution is 5.97. The molecule has 0 spiro atoms. The van der Waals surface area contributed by atoms with E-state index in [4.69, 9.17) is 4.74 Å². The van der Waals surface area contributed by atoms with Gasteiger partial charge >= 0.3 is 0 Å². The van der Waals surface area contributed by atoms with Crippen molar-refractivity contribution >= 4 is 11.8 Å². The Hall–Kier alpha value is -1.10. The minimum absolute atomic E-state index is 0.0582. The highest BCUT2D eigenvalue weighted by atomic mass is 16.5. The molecular formula is C16H26N2O3. The number of rotatable bonds is 6. The number of piperazine rings is 1. The first kappa shape index (κ1) is 14.8. The van der Waals surface area contributed by atoms with E-state index in [1.54, 1.807) is 0 Å². The monoisotopic (exact) mass is 294 g/mol. The smallest absolute Gasteiger partial charge is 0.245 e.